The first kappa shape index (κ1) is 15.0. The molecule has 0 spiro atoms. The van der Waals surface area contributed by atoms with E-state index in [1.54, 1.807) is 0 Å². The summed E-state index contributed by atoms with van der Waals surface area (Å²) >= 11 is 4.50. The lowest BCUT2D eigenvalue weighted by Crippen LogP contribution is -1.95. The molecule has 0 radical (unpaired) electrons. The van der Waals surface area contributed by atoms with E-state index in [4.69, 9.17) is 4.74 Å². The molecule has 0 aliphatic heterocycles. The first-order valence-corrected chi connectivity index (χ1v) is 7.45. The molecule has 0 atom stereocenters. The summed E-state index contributed by atoms with van der Waals surface area (Å²) in [6.07, 6.45) is 1.05. The van der Waals surface area contributed by atoms with Gasteiger partial charge in [0, 0.05) is 4.90 Å². The Morgan fingerprint density at radius 3 is 1.80 bits per heavy atom. The molecule has 1 nitrogen and oxygen atoms in total. The zero-order valence-corrected chi connectivity index (χ0v) is 13.8. The van der Waals surface area contributed by atoms with Gasteiger partial charge in [0.05, 0.1) is 0 Å². The average molecular weight is 286 g/mol. The molecule has 0 unspecified atom stereocenters. The second-order valence-electron chi connectivity index (χ2n) is 5.42. The summed E-state index contributed by atoms with van der Waals surface area (Å²) in [5.41, 5.74) is 6.01. The van der Waals surface area contributed by atoms with Gasteiger partial charge in [-0.25, -0.2) is 0 Å². The molecule has 0 aliphatic rings. The van der Waals surface area contributed by atoms with Gasteiger partial charge in [-0.3, -0.25) is 0 Å². The summed E-state index contributed by atoms with van der Waals surface area (Å²) in [6, 6.07) is 8.49. The van der Waals surface area contributed by atoms with E-state index in [0.29, 0.717) is 0 Å². The third-order valence-corrected chi connectivity index (χ3v) is 4.32. The maximum absolute atomic E-state index is 6.12. The van der Waals surface area contributed by atoms with E-state index in [-0.39, 0.29) is 0 Å². The van der Waals surface area contributed by atoms with Crippen LogP contribution < -0.4 is 4.74 Å². The van der Waals surface area contributed by atoms with E-state index < -0.39 is 0 Å². The molecule has 20 heavy (non-hydrogen) atoms. The molecular weight excluding hydrogens is 264 g/mol. The van der Waals surface area contributed by atoms with Crippen molar-refractivity contribution in [3.8, 4) is 11.5 Å². The van der Waals surface area contributed by atoms with Crippen LogP contribution in [0.3, 0.4) is 0 Å². The molecule has 0 aliphatic carbocycles. The van der Waals surface area contributed by atoms with Crippen LogP contribution in [0.1, 0.15) is 34.7 Å². The number of ether oxygens (including phenoxy) is 1. The Labute approximate surface area is 127 Å². The lowest BCUT2D eigenvalue weighted by atomic mass is 10.0. The van der Waals surface area contributed by atoms with Crippen LogP contribution in [-0.2, 0) is 6.42 Å². The molecule has 2 heteroatoms. The van der Waals surface area contributed by atoms with Gasteiger partial charge in [-0.2, -0.15) is 0 Å². The molecule has 2 rings (SSSR count). The first-order chi connectivity index (χ1) is 9.42. The first-order valence-electron chi connectivity index (χ1n) is 7.00. The highest BCUT2D eigenvalue weighted by Crippen LogP contribution is 2.32. The van der Waals surface area contributed by atoms with Gasteiger partial charge in [-0.05, 0) is 74.1 Å². The Bertz CT molecular complexity index is 598. The lowest BCUT2D eigenvalue weighted by molar-refractivity contribution is 0.473. The molecule has 0 saturated carbocycles. The second kappa shape index (κ2) is 5.92. The van der Waals surface area contributed by atoms with Crippen molar-refractivity contribution in [1.82, 2.24) is 0 Å². The molecule has 0 heterocycles. The van der Waals surface area contributed by atoms with Crippen LogP contribution in [-0.4, -0.2) is 0 Å². The fourth-order valence-corrected chi connectivity index (χ4v) is 2.63. The van der Waals surface area contributed by atoms with Gasteiger partial charge in [0.25, 0.3) is 0 Å². The van der Waals surface area contributed by atoms with Gasteiger partial charge in [0.2, 0.25) is 0 Å². The van der Waals surface area contributed by atoms with Crippen molar-refractivity contribution in [2.24, 2.45) is 0 Å². The van der Waals surface area contributed by atoms with Crippen LogP contribution in [0.15, 0.2) is 29.2 Å². The van der Waals surface area contributed by atoms with E-state index >= 15 is 0 Å². The molecule has 0 amide bonds. The van der Waals surface area contributed by atoms with Crippen LogP contribution in [0, 0.1) is 27.7 Å². The van der Waals surface area contributed by atoms with Crippen molar-refractivity contribution in [3.05, 3.63) is 52.1 Å². The monoisotopic (exact) mass is 286 g/mol. The number of thiol groups is 1. The molecule has 0 bridgehead atoms. The Hall–Kier alpha value is -1.41. The summed E-state index contributed by atoms with van der Waals surface area (Å²) in [7, 11) is 0. The summed E-state index contributed by atoms with van der Waals surface area (Å²) in [5.74, 6) is 1.85. The minimum atomic E-state index is 0.883. The normalized spacial score (nSPS) is 10.7. The Balaban J connectivity index is 2.40. The van der Waals surface area contributed by atoms with Gasteiger partial charge < -0.3 is 4.74 Å². The zero-order valence-electron chi connectivity index (χ0n) is 12.9. The number of hydrogen-bond acceptors (Lipinski definition) is 2. The fourth-order valence-electron chi connectivity index (χ4n) is 2.50. The standard InChI is InChI=1S/C18H22OS/c1-6-15-7-11(2)17(12(3)8-15)19-16-9-13(4)18(20)14(5)10-16/h7-10,20H,6H2,1-5H3. The van der Waals surface area contributed by atoms with E-state index in [2.05, 4.69) is 59.4 Å². The molecule has 0 aromatic heterocycles. The van der Waals surface area contributed by atoms with Crippen molar-refractivity contribution in [3.63, 3.8) is 0 Å². The summed E-state index contributed by atoms with van der Waals surface area (Å²) in [5, 5.41) is 0. The van der Waals surface area contributed by atoms with Crippen molar-refractivity contribution in [2.75, 3.05) is 0 Å². The quantitative estimate of drug-likeness (QED) is 0.726. The maximum atomic E-state index is 6.12. The highest BCUT2D eigenvalue weighted by molar-refractivity contribution is 7.80. The Morgan fingerprint density at radius 1 is 0.850 bits per heavy atom. The third kappa shape index (κ3) is 3.01. The minimum Gasteiger partial charge on any atom is -0.457 e. The summed E-state index contributed by atoms with van der Waals surface area (Å²) in [6.45, 7) is 10.5. The van der Waals surface area contributed by atoms with E-state index in [1.165, 1.54) is 16.7 Å². The number of hydrogen-bond donors (Lipinski definition) is 1. The van der Waals surface area contributed by atoms with E-state index in [1.807, 2.05) is 12.1 Å². The molecule has 0 fully saturated rings. The maximum Gasteiger partial charge on any atom is 0.133 e. The Morgan fingerprint density at radius 2 is 1.35 bits per heavy atom. The predicted molar refractivity (Wildman–Crippen MR) is 88.5 cm³/mol. The summed E-state index contributed by atoms with van der Waals surface area (Å²) < 4.78 is 6.12. The fraction of sp³-hybridized carbons (Fsp3) is 0.333. The number of benzene rings is 2. The largest absolute Gasteiger partial charge is 0.457 e. The molecule has 2 aromatic rings. The van der Waals surface area contributed by atoms with Crippen LogP contribution in [0.5, 0.6) is 11.5 Å². The van der Waals surface area contributed by atoms with Crippen molar-refractivity contribution in [2.45, 2.75) is 45.9 Å². The Kier molecular flexibility index (Phi) is 4.44. The summed E-state index contributed by atoms with van der Waals surface area (Å²) in [4.78, 5) is 1.03. The third-order valence-electron chi connectivity index (χ3n) is 3.61. The van der Waals surface area contributed by atoms with Crippen molar-refractivity contribution >= 4 is 12.6 Å². The lowest BCUT2D eigenvalue weighted by Gasteiger charge is -2.15. The van der Waals surface area contributed by atoms with Crippen LogP contribution in [0.2, 0.25) is 0 Å². The van der Waals surface area contributed by atoms with E-state index in [0.717, 1.165) is 33.9 Å². The molecule has 0 N–H and O–H groups in total. The highest BCUT2D eigenvalue weighted by atomic mass is 32.1. The highest BCUT2D eigenvalue weighted by Gasteiger charge is 2.09. The van der Waals surface area contributed by atoms with Crippen molar-refractivity contribution in [1.29, 1.82) is 0 Å². The van der Waals surface area contributed by atoms with Gasteiger partial charge in [0.1, 0.15) is 11.5 Å². The van der Waals surface area contributed by atoms with Crippen molar-refractivity contribution < 1.29 is 4.74 Å². The van der Waals surface area contributed by atoms with Crippen LogP contribution >= 0.6 is 12.6 Å². The van der Waals surface area contributed by atoms with Gasteiger partial charge in [-0.1, -0.05) is 19.1 Å². The average Bonchev–Trinajstić information content (AvgIpc) is 2.39. The molecule has 2 aromatic carbocycles. The smallest absolute Gasteiger partial charge is 0.133 e. The van der Waals surface area contributed by atoms with E-state index in [9.17, 15) is 0 Å². The van der Waals surface area contributed by atoms with Gasteiger partial charge in [0.15, 0.2) is 0 Å². The molecule has 0 saturated heterocycles. The van der Waals surface area contributed by atoms with Crippen LogP contribution in [0.4, 0.5) is 0 Å². The predicted octanol–water partition coefficient (Wildman–Crippen LogP) is 5.56. The zero-order chi connectivity index (χ0) is 14.9. The van der Waals surface area contributed by atoms with Gasteiger partial charge >= 0.3 is 0 Å². The minimum absolute atomic E-state index is 0.883. The SMILES string of the molecule is CCc1cc(C)c(Oc2cc(C)c(S)c(C)c2)c(C)c1. The molecule has 106 valence electrons. The topological polar surface area (TPSA) is 9.23 Å². The van der Waals surface area contributed by atoms with Gasteiger partial charge in [-0.15, -0.1) is 12.6 Å². The van der Waals surface area contributed by atoms with Crippen LogP contribution in [0.25, 0.3) is 0 Å². The second-order valence-corrected chi connectivity index (χ2v) is 5.87. The number of rotatable bonds is 3. The molecular formula is C18H22OS. The number of aryl methyl sites for hydroxylation is 5.